The minimum Gasteiger partial charge on any atom is -0.339 e. The van der Waals surface area contributed by atoms with Gasteiger partial charge in [-0.2, -0.15) is 0 Å². The largest absolute Gasteiger partial charge is 0.339 e. The van der Waals surface area contributed by atoms with Crippen molar-refractivity contribution in [3.05, 3.63) is 0 Å². The molecule has 0 bridgehead atoms. The van der Waals surface area contributed by atoms with Gasteiger partial charge in [0.05, 0.1) is 5.92 Å². The van der Waals surface area contributed by atoms with Crippen LogP contribution in [-0.2, 0) is 4.79 Å². The molecule has 0 aliphatic carbocycles. The predicted molar refractivity (Wildman–Crippen MR) is 81.6 cm³/mol. The Morgan fingerprint density at radius 1 is 1.26 bits per heavy atom. The third-order valence-corrected chi connectivity index (χ3v) is 4.30. The third kappa shape index (κ3) is 4.64. The van der Waals surface area contributed by atoms with Crippen molar-refractivity contribution in [2.45, 2.75) is 58.4 Å². The Bertz CT molecular complexity index is 277. The van der Waals surface area contributed by atoms with Crippen molar-refractivity contribution in [1.82, 2.24) is 10.2 Å². The molecule has 0 aromatic carbocycles. The summed E-state index contributed by atoms with van der Waals surface area (Å²) in [5, 5.41) is 3.36. The number of rotatable bonds is 3. The molecule has 0 spiro atoms. The Hall–Kier alpha value is -0.280. The zero-order valence-corrected chi connectivity index (χ0v) is 13.2. The van der Waals surface area contributed by atoms with Gasteiger partial charge in [-0.15, -0.1) is 12.4 Å². The second kappa shape index (κ2) is 8.11. The molecule has 1 N–H and O–H groups in total. The summed E-state index contributed by atoms with van der Waals surface area (Å²) >= 11 is 0. The first-order valence-electron chi connectivity index (χ1n) is 7.69. The van der Waals surface area contributed by atoms with Gasteiger partial charge in [-0.05, 0) is 51.0 Å². The van der Waals surface area contributed by atoms with E-state index in [-0.39, 0.29) is 18.3 Å². The predicted octanol–water partition coefficient (Wildman–Crippen LogP) is 2.84. The molecular formula is C15H29ClN2O. The van der Waals surface area contributed by atoms with Gasteiger partial charge in [0.2, 0.25) is 5.91 Å². The molecule has 2 aliphatic heterocycles. The van der Waals surface area contributed by atoms with E-state index in [1.807, 2.05) is 0 Å². The number of likely N-dealkylation sites (tertiary alicyclic amines) is 1. The average molecular weight is 289 g/mol. The van der Waals surface area contributed by atoms with Gasteiger partial charge in [-0.25, -0.2) is 0 Å². The van der Waals surface area contributed by atoms with Gasteiger partial charge in [-0.1, -0.05) is 13.8 Å². The number of nitrogens with one attached hydrogen (secondary N) is 1. The summed E-state index contributed by atoms with van der Waals surface area (Å²) in [6, 6.07) is 0.508. The molecule has 19 heavy (non-hydrogen) atoms. The van der Waals surface area contributed by atoms with Gasteiger partial charge in [0.1, 0.15) is 0 Å². The zero-order valence-electron chi connectivity index (χ0n) is 12.4. The first kappa shape index (κ1) is 16.8. The van der Waals surface area contributed by atoms with Gasteiger partial charge in [0.25, 0.3) is 0 Å². The highest BCUT2D eigenvalue weighted by Crippen LogP contribution is 2.25. The second-order valence-electron chi connectivity index (χ2n) is 6.35. The fraction of sp³-hybridized carbons (Fsp3) is 0.933. The van der Waals surface area contributed by atoms with Crippen molar-refractivity contribution < 1.29 is 4.79 Å². The monoisotopic (exact) mass is 288 g/mol. The molecule has 0 aromatic rings. The number of carbonyl (C=O) groups excluding carboxylic acids is 1. The minimum atomic E-state index is 0. The van der Waals surface area contributed by atoms with Gasteiger partial charge < -0.3 is 10.2 Å². The molecule has 0 aromatic heterocycles. The lowest BCUT2D eigenvalue weighted by atomic mass is 9.91. The Kier molecular flexibility index (Phi) is 7.16. The summed E-state index contributed by atoms with van der Waals surface area (Å²) in [5.41, 5.74) is 0. The van der Waals surface area contributed by atoms with Crippen LogP contribution in [0.25, 0.3) is 0 Å². The number of hydrogen-bond acceptors (Lipinski definition) is 2. The molecule has 2 atom stereocenters. The molecule has 1 amide bonds. The Morgan fingerprint density at radius 2 is 2.05 bits per heavy atom. The van der Waals surface area contributed by atoms with Crippen molar-refractivity contribution in [2.24, 2.45) is 11.8 Å². The highest BCUT2D eigenvalue weighted by atomic mass is 35.5. The Labute approximate surface area is 123 Å². The van der Waals surface area contributed by atoms with Crippen LogP contribution in [0, 0.1) is 11.8 Å². The van der Waals surface area contributed by atoms with Crippen LogP contribution >= 0.6 is 12.4 Å². The molecule has 2 fully saturated rings. The number of hydrogen-bond donors (Lipinski definition) is 1. The van der Waals surface area contributed by atoms with E-state index in [4.69, 9.17) is 0 Å². The topological polar surface area (TPSA) is 32.3 Å². The van der Waals surface area contributed by atoms with E-state index in [2.05, 4.69) is 24.1 Å². The summed E-state index contributed by atoms with van der Waals surface area (Å²) in [6.07, 6.45) is 7.11. The van der Waals surface area contributed by atoms with Crippen LogP contribution in [0.1, 0.15) is 52.4 Å². The molecule has 112 valence electrons. The average Bonchev–Trinajstić information content (AvgIpc) is 2.39. The second-order valence-corrected chi connectivity index (χ2v) is 6.35. The van der Waals surface area contributed by atoms with Crippen molar-refractivity contribution >= 4 is 18.3 Å². The van der Waals surface area contributed by atoms with Crippen LogP contribution in [0.3, 0.4) is 0 Å². The van der Waals surface area contributed by atoms with E-state index in [0.717, 1.165) is 32.5 Å². The zero-order chi connectivity index (χ0) is 13.0. The smallest absolute Gasteiger partial charge is 0.227 e. The summed E-state index contributed by atoms with van der Waals surface area (Å²) in [4.78, 5) is 14.8. The fourth-order valence-electron chi connectivity index (χ4n) is 3.38. The van der Waals surface area contributed by atoms with Crippen LogP contribution in [0.5, 0.6) is 0 Å². The van der Waals surface area contributed by atoms with Crippen LogP contribution in [-0.4, -0.2) is 36.5 Å². The summed E-state index contributed by atoms with van der Waals surface area (Å²) in [6.45, 7) is 7.49. The lowest BCUT2D eigenvalue weighted by molar-refractivity contribution is -0.140. The fourth-order valence-corrected chi connectivity index (χ4v) is 3.38. The van der Waals surface area contributed by atoms with E-state index in [0.29, 0.717) is 17.9 Å². The van der Waals surface area contributed by atoms with Crippen LogP contribution in [0.15, 0.2) is 0 Å². The van der Waals surface area contributed by atoms with E-state index in [9.17, 15) is 4.79 Å². The van der Waals surface area contributed by atoms with Gasteiger partial charge in [0, 0.05) is 19.1 Å². The van der Waals surface area contributed by atoms with Gasteiger partial charge in [-0.3, -0.25) is 4.79 Å². The number of halogens is 1. The van der Waals surface area contributed by atoms with Crippen molar-refractivity contribution in [3.63, 3.8) is 0 Å². The van der Waals surface area contributed by atoms with Crippen LogP contribution < -0.4 is 5.32 Å². The maximum absolute atomic E-state index is 12.6. The number of piperidine rings is 2. The van der Waals surface area contributed by atoms with Gasteiger partial charge in [0.15, 0.2) is 0 Å². The quantitative estimate of drug-likeness (QED) is 0.866. The molecule has 2 rings (SSSR count). The van der Waals surface area contributed by atoms with Gasteiger partial charge >= 0.3 is 0 Å². The maximum atomic E-state index is 12.6. The first-order valence-corrected chi connectivity index (χ1v) is 7.69. The standard InChI is InChI=1S/C15H28N2O.ClH/c1-12(2)10-14-7-3-4-9-17(14)15(18)13-6-5-8-16-11-13;/h12-14,16H,3-11H2,1-2H3;1H. The molecule has 4 heteroatoms. The van der Waals surface area contributed by atoms with E-state index in [1.165, 1.54) is 25.7 Å². The molecule has 0 radical (unpaired) electrons. The number of nitrogens with zero attached hydrogens (tertiary/aromatic N) is 1. The summed E-state index contributed by atoms with van der Waals surface area (Å²) in [7, 11) is 0. The molecule has 0 saturated carbocycles. The minimum absolute atomic E-state index is 0. The van der Waals surface area contributed by atoms with E-state index >= 15 is 0 Å². The molecule has 2 unspecified atom stereocenters. The summed E-state index contributed by atoms with van der Waals surface area (Å²) < 4.78 is 0. The molecule has 2 saturated heterocycles. The Morgan fingerprint density at radius 3 is 2.68 bits per heavy atom. The van der Waals surface area contributed by atoms with Crippen LogP contribution in [0.2, 0.25) is 0 Å². The molecule has 2 heterocycles. The van der Waals surface area contributed by atoms with Crippen molar-refractivity contribution in [3.8, 4) is 0 Å². The number of amides is 1. The molecular weight excluding hydrogens is 260 g/mol. The summed E-state index contributed by atoms with van der Waals surface area (Å²) in [5.74, 6) is 1.35. The van der Waals surface area contributed by atoms with Crippen LogP contribution in [0.4, 0.5) is 0 Å². The van der Waals surface area contributed by atoms with E-state index < -0.39 is 0 Å². The molecule has 3 nitrogen and oxygen atoms in total. The highest BCUT2D eigenvalue weighted by Gasteiger charge is 2.32. The van der Waals surface area contributed by atoms with E-state index in [1.54, 1.807) is 0 Å². The normalized spacial score (nSPS) is 28.1. The highest BCUT2D eigenvalue weighted by molar-refractivity contribution is 5.85. The molecule has 2 aliphatic rings. The first-order chi connectivity index (χ1) is 8.68. The van der Waals surface area contributed by atoms with Crippen molar-refractivity contribution in [2.75, 3.05) is 19.6 Å². The Balaban J connectivity index is 0.00000180. The maximum Gasteiger partial charge on any atom is 0.227 e. The lowest BCUT2D eigenvalue weighted by Crippen LogP contribution is -2.49. The number of carbonyl (C=O) groups is 1. The third-order valence-electron chi connectivity index (χ3n) is 4.30. The SMILES string of the molecule is CC(C)CC1CCCCN1C(=O)C1CCCNC1.Cl. The van der Waals surface area contributed by atoms with Crippen molar-refractivity contribution in [1.29, 1.82) is 0 Å². The lowest BCUT2D eigenvalue weighted by Gasteiger charge is -2.39.